The molecule has 0 radical (unpaired) electrons. The van der Waals surface area contributed by atoms with Gasteiger partial charge in [0.15, 0.2) is 0 Å². The van der Waals surface area contributed by atoms with Crippen LogP contribution in [0.5, 0.6) is 0 Å². The van der Waals surface area contributed by atoms with Crippen molar-refractivity contribution in [1.82, 2.24) is 0 Å². The summed E-state index contributed by atoms with van der Waals surface area (Å²) in [7, 11) is -1.13. The smallest absolute Gasteiger partial charge is 0.311 e. The summed E-state index contributed by atoms with van der Waals surface area (Å²) in [6.45, 7) is 23.8. The van der Waals surface area contributed by atoms with E-state index in [0.29, 0.717) is 25.9 Å². The van der Waals surface area contributed by atoms with Crippen molar-refractivity contribution in [2.45, 2.75) is 99.6 Å². The van der Waals surface area contributed by atoms with Crippen molar-refractivity contribution in [2.75, 3.05) is 27.1 Å². The van der Waals surface area contributed by atoms with Gasteiger partial charge in [-0.1, -0.05) is 114 Å². The molecule has 5 nitrogen and oxygen atoms in total. The molecular weight excluding hydrogens is 589 g/mol. The second-order valence-electron chi connectivity index (χ2n) is 16.5. The lowest BCUT2D eigenvalue weighted by Gasteiger charge is -2.55. The van der Waals surface area contributed by atoms with Gasteiger partial charge in [-0.15, -0.1) is 0 Å². The first-order valence-corrected chi connectivity index (χ1v) is 19.2. The Bertz CT molecular complexity index is 1280. The SMILES string of the molecule is COCOCCC[C@@]12C=C(C)C(C)(C)[C@@H]1C[C@@H](OC(=O)C(C)(C)C)[C@H](C)[C@@H]2CO[Si](c1ccccc1)(c1ccccc1)C(C)(C)C. The maximum atomic E-state index is 13.4. The van der Waals surface area contributed by atoms with Gasteiger partial charge in [-0.3, -0.25) is 4.79 Å². The molecular formula is C40H60O5Si. The highest BCUT2D eigenvalue weighted by Gasteiger charge is 2.61. The highest BCUT2D eigenvalue weighted by atomic mass is 28.4. The van der Waals surface area contributed by atoms with Crippen LogP contribution in [0.25, 0.3) is 0 Å². The Balaban J connectivity index is 1.84. The zero-order valence-electron chi connectivity index (χ0n) is 30.4. The number of benzene rings is 2. The first-order chi connectivity index (χ1) is 21.5. The van der Waals surface area contributed by atoms with E-state index in [1.54, 1.807) is 7.11 Å². The molecule has 4 rings (SSSR count). The molecule has 0 heterocycles. The lowest BCUT2D eigenvalue weighted by Crippen LogP contribution is -2.67. The van der Waals surface area contributed by atoms with Crippen molar-refractivity contribution in [3.8, 4) is 0 Å². The number of carbonyl (C=O) groups excluding carboxylic acids is 1. The first-order valence-electron chi connectivity index (χ1n) is 17.2. The molecule has 5 atom stereocenters. The Labute approximate surface area is 280 Å². The lowest BCUT2D eigenvalue weighted by molar-refractivity contribution is -0.175. The molecule has 1 saturated carbocycles. The molecule has 0 aromatic heterocycles. The number of fused-ring (bicyclic) bond motifs is 1. The molecule has 0 unspecified atom stereocenters. The number of carbonyl (C=O) groups is 1. The molecule has 0 N–H and O–H groups in total. The Hall–Kier alpha value is -2.25. The molecule has 254 valence electrons. The van der Waals surface area contributed by atoms with Crippen molar-refractivity contribution in [1.29, 1.82) is 0 Å². The van der Waals surface area contributed by atoms with Gasteiger partial charge in [0.2, 0.25) is 0 Å². The van der Waals surface area contributed by atoms with Crippen molar-refractivity contribution >= 4 is 24.7 Å². The summed E-state index contributed by atoms with van der Waals surface area (Å²) >= 11 is 0. The third kappa shape index (κ3) is 6.97. The molecule has 1 fully saturated rings. The van der Waals surface area contributed by atoms with Gasteiger partial charge in [-0.25, -0.2) is 0 Å². The fraction of sp³-hybridized carbons (Fsp3) is 0.625. The van der Waals surface area contributed by atoms with E-state index in [-0.39, 0.29) is 39.8 Å². The Morgan fingerprint density at radius 1 is 0.935 bits per heavy atom. The van der Waals surface area contributed by atoms with Gasteiger partial charge in [0, 0.05) is 20.3 Å². The van der Waals surface area contributed by atoms with Crippen molar-refractivity contribution < 1.29 is 23.4 Å². The Morgan fingerprint density at radius 3 is 2.00 bits per heavy atom. The molecule has 2 aromatic carbocycles. The molecule has 6 heteroatoms. The molecule has 0 saturated heterocycles. The monoisotopic (exact) mass is 648 g/mol. The number of hydrogen-bond donors (Lipinski definition) is 0. The molecule has 0 aliphatic heterocycles. The van der Waals surface area contributed by atoms with Gasteiger partial charge in [0.05, 0.1) is 5.41 Å². The number of ether oxygens (including phenoxy) is 3. The molecule has 0 spiro atoms. The van der Waals surface area contributed by atoms with Crippen molar-refractivity contribution in [3.05, 3.63) is 72.3 Å². The van der Waals surface area contributed by atoms with Crippen molar-refractivity contribution in [2.24, 2.45) is 34.0 Å². The number of hydrogen-bond acceptors (Lipinski definition) is 5. The van der Waals surface area contributed by atoms with Crippen molar-refractivity contribution in [3.63, 3.8) is 0 Å². The predicted molar refractivity (Wildman–Crippen MR) is 191 cm³/mol. The maximum Gasteiger partial charge on any atom is 0.311 e. The highest BCUT2D eigenvalue weighted by Crippen LogP contribution is 2.65. The fourth-order valence-corrected chi connectivity index (χ4v) is 13.1. The Kier molecular flexibility index (Phi) is 11.2. The quantitative estimate of drug-likeness (QED) is 0.0764. The Morgan fingerprint density at radius 2 is 1.50 bits per heavy atom. The number of esters is 1. The van der Waals surface area contributed by atoms with Gasteiger partial charge >= 0.3 is 5.97 Å². The van der Waals surface area contributed by atoms with Gasteiger partial charge in [-0.05, 0) is 91.0 Å². The van der Waals surface area contributed by atoms with Gasteiger partial charge in [0.1, 0.15) is 12.9 Å². The van der Waals surface area contributed by atoms with Crippen LogP contribution in [0.2, 0.25) is 5.04 Å². The second kappa shape index (κ2) is 14.1. The van der Waals surface area contributed by atoms with Crippen LogP contribution in [0.15, 0.2) is 72.3 Å². The minimum absolute atomic E-state index is 0.0322. The summed E-state index contributed by atoms with van der Waals surface area (Å²) in [4.78, 5) is 13.4. The van der Waals surface area contributed by atoms with Crippen LogP contribution in [0.1, 0.15) is 88.5 Å². The van der Waals surface area contributed by atoms with E-state index in [1.807, 2.05) is 20.8 Å². The lowest BCUT2D eigenvalue weighted by atomic mass is 9.52. The van der Waals surface area contributed by atoms with E-state index in [9.17, 15) is 4.79 Å². The predicted octanol–water partition coefficient (Wildman–Crippen LogP) is 8.17. The van der Waals surface area contributed by atoms with Gasteiger partial charge in [0.25, 0.3) is 8.32 Å². The van der Waals surface area contributed by atoms with E-state index in [4.69, 9.17) is 18.6 Å². The zero-order chi connectivity index (χ0) is 34.0. The molecule has 0 amide bonds. The van der Waals surface area contributed by atoms with E-state index in [1.165, 1.54) is 15.9 Å². The van der Waals surface area contributed by atoms with E-state index >= 15 is 0 Å². The zero-order valence-corrected chi connectivity index (χ0v) is 31.4. The minimum Gasteiger partial charge on any atom is -0.462 e. The number of methoxy groups -OCH3 is 1. The van der Waals surface area contributed by atoms with Gasteiger partial charge < -0.3 is 18.6 Å². The molecule has 0 bridgehead atoms. The standard InChI is InChI=1S/C40H60O5Si/c1-29-26-40(23-18-24-43-28-42-11)33(30(2)34(25-35(40)39(29,9)10)45-36(41)37(3,4)5)27-44-46(38(6,7)8,31-19-14-12-15-20-31)32-21-16-13-17-22-32/h12-17,19-22,26,30,33-35H,18,23-25,27-28H2,1-11H3/t30-,33+,34-,35+,40+/m1/s1. The second-order valence-corrected chi connectivity index (χ2v) is 20.8. The van der Waals surface area contributed by atoms with Crippen LogP contribution in [0, 0.1) is 34.0 Å². The summed E-state index contributed by atoms with van der Waals surface area (Å²) in [5.41, 5.74) is 0.711. The average molecular weight is 649 g/mol. The minimum atomic E-state index is -2.79. The van der Waals surface area contributed by atoms with Crippen LogP contribution < -0.4 is 10.4 Å². The average Bonchev–Trinajstić information content (AvgIpc) is 3.19. The highest BCUT2D eigenvalue weighted by molar-refractivity contribution is 6.99. The molecule has 46 heavy (non-hydrogen) atoms. The van der Waals surface area contributed by atoms with Gasteiger partial charge in [-0.2, -0.15) is 0 Å². The molecule has 2 aromatic rings. The van der Waals surface area contributed by atoms with Crippen LogP contribution in [-0.4, -0.2) is 47.5 Å². The summed E-state index contributed by atoms with van der Waals surface area (Å²) in [6.07, 6.45) is 5.17. The number of allylic oxidation sites excluding steroid dienone is 2. The topological polar surface area (TPSA) is 54.0 Å². The maximum absolute atomic E-state index is 13.4. The largest absolute Gasteiger partial charge is 0.462 e. The normalized spacial score (nSPS) is 26.4. The van der Waals surface area contributed by atoms with Crippen LogP contribution in [0.3, 0.4) is 0 Å². The van der Waals surface area contributed by atoms with Crippen LogP contribution in [-0.2, 0) is 23.4 Å². The third-order valence-electron chi connectivity index (χ3n) is 11.3. The first kappa shape index (κ1) is 36.6. The summed E-state index contributed by atoms with van der Waals surface area (Å²) in [5.74, 6) is 0.435. The van der Waals surface area contributed by atoms with Crippen LogP contribution in [0.4, 0.5) is 0 Å². The summed E-state index contributed by atoms with van der Waals surface area (Å²) in [5, 5.41) is 2.43. The summed E-state index contributed by atoms with van der Waals surface area (Å²) < 4.78 is 25.1. The summed E-state index contributed by atoms with van der Waals surface area (Å²) in [6, 6.07) is 21.8. The molecule has 2 aliphatic rings. The van der Waals surface area contributed by atoms with E-state index < -0.39 is 13.7 Å². The van der Waals surface area contributed by atoms with E-state index in [0.717, 1.165) is 19.3 Å². The third-order valence-corrected chi connectivity index (χ3v) is 16.3. The van der Waals surface area contributed by atoms with E-state index in [2.05, 4.69) is 115 Å². The number of rotatable bonds is 12. The molecule has 2 aliphatic carbocycles. The van der Waals surface area contributed by atoms with Crippen LogP contribution >= 0.6 is 0 Å². The fourth-order valence-electron chi connectivity index (χ4n) is 8.52.